The Balaban J connectivity index is 2.00. The number of nitrogens with two attached hydrogens (primary N) is 1. The summed E-state index contributed by atoms with van der Waals surface area (Å²) in [6.07, 6.45) is 4.81. The molecule has 3 heterocycles. The van der Waals surface area contributed by atoms with Crippen LogP contribution in [0.2, 0.25) is 5.02 Å². The number of nitrogens with one attached hydrogen (secondary N) is 1. The van der Waals surface area contributed by atoms with Gasteiger partial charge in [-0.3, -0.25) is 9.55 Å². The Kier molecular flexibility index (Phi) is 4.16. The minimum atomic E-state index is -0.484. The highest BCUT2D eigenvalue weighted by atomic mass is 35.5. The van der Waals surface area contributed by atoms with Gasteiger partial charge in [0.15, 0.2) is 0 Å². The summed E-state index contributed by atoms with van der Waals surface area (Å²) in [5, 5.41) is 6.85. The van der Waals surface area contributed by atoms with Crippen molar-refractivity contribution < 1.29 is 0 Å². The fraction of sp³-hybridized carbons (Fsp3) is 0.0500. The van der Waals surface area contributed by atoms with E-state index in [4.69, 9.17) is 17.3 Å². The number of benzene rings is 1. The number of aromatic nitrogens is 4. The Morgan fingerprint density at radius 3 is 2.54 bits per heavy atom. The van der Waals surface area contributed by atoms with E-state index in [1.165, 1.54) is 4.57 Å². The van der Waals surface area contributed by atoms with Crippen LogP contribution in [-0.4, -0.2) is 26.1 Å². The summed E-state index contributed by atoms with van der Waals surface area (Å²) in [5.41, 5.74) is 7.23. The van der Waals surface area contributed by atoms with Gasteiger partial charge in [-0.05, 0) is 24.3 Å². The molecule has 7 nitrogen and oxygen atoms in total. The first-order valence-corrected chi connectivity index (χ1v) is 8.79. The molecule has 0 aliphatic rings. The number of halogens is 1. The summed E-state index contributed by atoms with van der Waals surface area (Å²) in [5.74, 6) is 0.163. The third-order valence-electron chi connectivity index (χ3n) is 4.61. The normalized spacial score (nSPS) is 11.1. The Morgan fingerprint density at radius 1 is 1.11 bits per heavy atom. The van der Waals surface area contributed by atoms with Gasteiger partial charge in [0.1, 0.15) is 5.82 Å². The molecule has 0 spiro atoms. The van der Waals surface area contributed by atoms with Crippen LogP contribution in [0.5, 0.6) is 0 Å². The molecule has 0 aliphatic carbocycles. The van der Waals surface area contributed by atoms with Crippen LogP contribution in [0, 0.1) is 0 Å². The van der Waals surface area contributed by atoms with E-state index < -0.39 is 5.69 Å². The van der Waals surface area contributed by atoms with Crippen LogP contribution < -0.4 is 27.4 Å². The molecule has 4 rings (SSSR count). The zero-order valence-electron chi connectivity index (χ0n) is 15.1. The molecule has 140 valence electrons. The topological polar surface area (TPSA) is 90.8 Å². The number of hydrogen-bond acceptors (Lipinski definition) is 5. The highest BCUT2D eigenvalue weighted by Crippen LogP contribution is 2.26. The number of rotatable bonds is 3. The molecule has 8 heteroatoms. The molecule has 4 aromatic rings. The Hall–Kier alpha value is -3.58. The summed E-state index contributed by atoms with van der Waals surface area (Å²) in [6.45, 7) is 8.43. The third-order valence-corrected chi connectivity index (χ3v) is 4.93. The molecular weight excluding hydrogens is 376 g/mol. The van der Waals surface area contributed by atoms with Crippen molar-refractivity contribution in [1.29, 1.82) is 0 Å². The number of fused-ring (bicyclic) bond motifs is 1. The Labute approximate surface area is 165 Å². The van der Waals surface area contributed by atoms with Gasteiger partial charge in [-0.15, -0.1) is 0 Å². The summed E-state index contributed by atoms with van der Waals surface area (Å²) in [6, 6.07) is 7.08. The van der Waals surface area contributed by atoms with Gasteiger partial charge in [0.2, 0.25) is 0 Å². The van der Waals surface area contributed by atoms with E-state index in [9.17, 15) is 4.79 Å². The van der Waals surface area contributed by atoms with Gasteiger partial charge in [0.25, 0.3) is 0 Å². The van der Waals surface area contributed by atoms with Crippen LogP contribution in [0.15, 0.2) is 47.7 Å². The number of anilines is 2. The summed E-state index contributed by atoms with van der Waals surface area (Å²) in [4.78, 5) is 20.2. The molecule has 0 atom stereocenters. The summed E-state index contributed by atoms with van der Waals surface area (Å²) in [7, 11) is 1.84. The van der Waals surface area contributed by atoms with Crippen molar-refractivity contribution in [2.75, 3.05) is 18.1 Å². The number of hydrogen-bond donors (Lipinski definition) is 2. The molecule has 28 heavy (non-hydrogen) atoms. The van der Waals surface area contributed by atoms with Crippen LogP contribution in [0.4, 0.5) is 11.5 Å². The lowest BCUT2D eigenvalue weighted by Gasteiger charge is -2.09. The molecule has 0 saturated carbocycles. The Morgan fingerprint density at radius 2 is 1.82 bits per heavy atom. The molecule has 0 unspecified atom stereocenters. The van der Waals surface area contributed by atoms with E-state index >= 15 is 0 Å². The second kappa shape index (κ2) is 6.54. The predicted molar refractivity (Wildman–Crippen MR) is 114 cm³/mol. The molecule has 3 aromatic heterocycles. The average Bonchev–Trinajstić information content (AvgIpc) is 2.94. The van der Waals surface area contributed by atoms with Gasteiger partial charge in [-0.25, -0.2) is 4.79 Å². The van der Waals surface area contributed by atoms with Gasteiger partial charge in [-0.2, -0.15) is 4.98 Å². The minimum absolute atomic E-state index is 0.163. The van der Waals surface area contributed by atoms with Crippen molar-refractivity contribution in [2.45, 2.75) is 0 Å². The van der Waals surface area contributed by atoms with Crippen molar-refractivity contribution in [3.8, 4) is 11.4 Å². The monoisotopic (exact) mass is 392 g/mol. The minimum Gasteiger partial charge on any atom is -0.388 e. The Bertz CT molecular complexity index is 1390. The maximum atomic E-state index is 12.2. The van der Waals surface area contributed by atoms with Crippen molar-refractivity contribution in [2.24, 2.45) is 0 Å². The maximum absolute atomic E-state index is 12.2. The third kappa shape index (κ3) is 2.64. The second-order valence-corrected chi connectivity index (χ2v) is 6.64. The first-order valence-electron chi connectivity index (χ1n) is 8.42. The molecule has 0 bridgehead atoms. The lowest BCUT2D eigenvalue weighted by molar-refractivity contribution is 0.902. The van der Waals surface area contributed by atoms with Crippen LogP contribution in [0.25, 0.3) is 35.3 Å². The molecule has 1 aromatic carbocycles. The lowest BCUT2D eigenvalue weighted by Crippen LogP contribution is -2.25. The quantitative estimate of drug-likeness (QED) is 0.553. The average molecular weight is 393 g/mol. The lowest BCUT2D eigenvalue weighted by atomic mass is 10.1. The van der Waals surface area contributed by atoms with Crippen LogP contribution in [0.3, 0.4) is 0 Å². The fourth-order valence-electron chi connectivity index (χ4n) is 3.35. The van der Waals surface area contributed by atoms with E-state index in [1.54, 1.807) is 24.7 Å². The highest BCUT2D eigenvalue weighted by Gasteiger charge is 2.14. The van der Waals surface area contributed by atoms with Gasteiger partial charge in [-0.1, -0.05) is 24.8 Å². The second-order valence-electron chi connectivity index (χ2n) is 6.23. The van der Waals surface area contributed by atoms with E-state index in [0.29, 0.717) is 27.1 Å². The predicted octanol–water partition coefficient (Wildman–Crippen LogP) is 1.67. The maximum Gasteiger partial charge on any atom is 0.354 e. The number of nitrogen functional groups attached to an aromatic ring is 1. The molecular formula is C20H17ClN6O. The van der Waals surface area contributed by atoms with E-state index in [1.807, 2.05) is 29.8 Å². The van der Waals surface area contributed by atoms with Gasteiger partial charge in [0.05, 0.1) is 28.8 Å². The SMILES string of the molecule is C=c1c2c(Cl)ccc(NC)c2c(=C)n1-c1cncc(-n2ccc(N)nc2=O)c1. The van der Waals surface area contributed by atoms with E-state index in [2.05, 4.69) is 28.4 Å². The largest absolute Gasteiger partial charge is 0.388 e. The van der Waals surface area contributed by atoms with Gasteiger partial charge >= 0.3 is 5.69 Å². The van der Waals surface area contributed by atoms with E-state index in [-0.39, 0.29) is 5.82 Å². The van der Waals surface area contributed by atoms with E-state index in [0.717, 1.165) is 16.5 Å². The summed E-state index contributed by atoms with van der Waals surface area (Å²) < 4.78 is 3.23. The number of pyridine rings is 1. The van der Waals surface area contributed by atoms with Crippen molar-refractivity contribution >= 4 is 47.0 Å². The van der Waals surface area contributed by atoms with Crippen molar-refractivity contribution in [3.05, 3.63) is 69.1 Å². The molecule has 3 N–H and O–H groups in total. The summed E-state index contributed by atoms with van der Waals surface area (Å²) >= 11 is 6.44. The first-order chi connectivity index (χ1) is 13.4. The van der Waals surface area contributed by atoms with Crippen molar-refractivity contribution in [3.63, 3.8) is 0 Å². The van der Waals surface area contributed by atoms with Gasteiger partial charge < -0.3 is 15.6 Å². The molecule has 0 aliphatic heterocycles. The van der Waals surface area contributed by atoms with Crippen LogP contribution in [-0.2, 0) is 0 Å². The molecule has 0 amide bonds. The van der Waals surface area contributed by atoms with Gasteiger partial charge in [0, 0.05) is 40.4 Å². The van der Waals surface area contributed by atoms with Crippen LogP contribution >= 0.6 is 11.6 Å². The number of nitrogens with zero attached hydrogens (tertiary/aromatic N) is 4. The fourth-order valence-corrected chi connectivity index (χ4v) is 3.62. The van der Waals surface area contributed by atoms with Crippen LogP contribution in [0.1, 0.15) is 0 Å². The zero-order valence-corrected chi connectivity index (χ0v) is 15.9. The smallest absolute Gasteiger partial charge is 0.354 e. The molecule has 0 radical (unpaired) electrons. The first kappa shape index (κ1) is 17.8. The van der Waals surface area contributed by atoms with Crippen molar-refractivity contribution in [1.82, 2.24) is 19.1 Å². The molecule has 0 fully saturated rings. The standard InChI is InChI=1S/C20H17ClN6O/c1-11-18-15(21)4-5-16(23-3)19(18)12(2)27(11)14-8-13(9-24-10-14)26-7-6-17(22)25-20(26)28/h4-10,23H,1-2H2,3H3,(H2,22,25,28). The molecule has 0 saturated heterocycles. The zero-order chi connectivity index (χ0) is 20.0. The highest BCUT2D eigenvalue weighted by molar-refractivity contribution is 6.36.